The van der Waals surface area contributed by atoms with Gasteiger partial charge in [0.1, 0.15) is 0 Å². The van der Waals surface area contributed by atoms with E-state index in [2.05, 4.69) is 66.0 Å². The lowest BCUT2D eigenvalue weighted by molar-refractivity contribution is 0.827. The van der Waals surface area contributed by atoms with E-state index in [1.54, 1.807) is 32.0 Å². The fourth-order valence-corrected chi connectivity index (χ4v) is 8.63. The zero-order valence-corrected chi connectivity index (χ0v) is 17.5. The Kier molecular flexibility index (Phi) is 3.78. The summed E-state index contributed by atoms with van der Waals surface area (Å²) in [4.78, 5) is 4.80. The van der Waals surface area contributed by atoms with Crippen LogP contribution in [0.25, 0.3) is 16.7 Å². The molecule has 0 saturated heterocycles. The molecular weight excluding hydrogens is 328 g/mol. The third kappa shape index (κ3) is 2.12. The molecular formula is C22H28S2. The van der Waals surface area contributed by atoms with E-state index < -0.39 is 0 Å². The van der Waals surface area contributed by atoms with Gasteiger partial charge in [-0.15, -0.1) is 11.3 Å². The second kappa shape index (κ2) is 5.51. The van der Waals surface area contributed by atoms with Crippen LogP contribution < -0.4 is 0 Å². The number of hydrogen-bond donors (Lipinski definition) is 1. The second-order valence-electron chi connectivity index (χ2n) is 7.99. The maximum absolute atomic E-state index is 2.59. The van der Waals surface area contributed by atoms with Crippen molar-refractivity contribution in [3.05, 3.63) is 44.0 Å². The normalized spacial score (nSPS) is 22.8. The summed E-state index contributed by atoms with van der Waals surface area (Å²) in [7, 11) is -0.174. The molecule has 0 spiro atoms. The molecule has 4 rings (SSSR count). The predicted molar refractivity (Wildman–Crippen MR) is 112 cm³/mol. The number of allylic oxidation sites excluding steroid dienone is 1. The Morgan fingerprint density at radius 2 is 1.71 bits per heavy atom. The van der Waals surface area contributed by atoms with Crippen LogP contribution in [0.1, 0.15) is 85.1 Å². The molecule has 0 aliphatic carbocycles. The summed E-state index contributed by atoms with van der Waals surface area (Å²) in [6.45, 7) is 16.5. The van der Waals surface area contributed by atoms with Gasteiger partial charge in [0.15, 0.2) is 0 Å². The Hall–Kier alpha value is -0.990. The van der Waals surface area contributed by atoms with Crippen molar-refractivity contribution in [2.24, 2.45) is 0 Å². The zero-order chi connectivity index (χ0) is 17.3. The van der Waals surface area contributed by atoms with Gasteiger partial charge < -0.3 is 0 Å². The molecule has 0 nitrogen and oxygen atoms in total. The maximum Gasteiger partial charge on any atom is 0.0435 e. The van der Waals surface area contributed by atoms with Crippen molar-refractivity contribution in [1.82, 2.24) is 0 Å². The maximum atomic E-state index is 2.59. The number of rotatable bonds is 2. The highest BCUT2D eigenvalue weighted by atomic mass is 32.2. The van der Waals surface area contributed by atoms with Gasteiger partial charge in [-0.3, -0.25) is 0 Å². The lowest BCUT2D eigenvalue weighted by Crippen LogP contribution is -2.09. The number of fused-ring (bicyclic) bond motifs is 2. The van der Waals surface area contributed by atoms with Crippen LogP contribution in [-0.4, -0.2) is 0 Å². The minimum absolute atomic E-state index is 0.174. The molecule has 1 aromatic heterocycles. The lowest BCUT2D eigenvalue weighted by atomic mass is 9.84. The van der Waals surface area contributed by atoms with E-state index in [-0.39, 0.29) is 10.9 Å². The fraction of sp³-hybridized carbons (Fsp3) is 0.455. The smallest absolute Gasteiger partial charge is 0.0435 e. The molecule has 0 fully saturated rings. The molecule has 2 aliphatic heterocycles. The van der Waals surface area contributed by atoms with Crippen molar-refractivity contribution in [1.29, 1.82) is 0 Å². The predicted octanol–water partition coefficient (Wildman–Crippen LogP) is 7.78. The van der Waals surface area contributed by atoms with Gasteiger partial charge in [0, 0.05) is 25.5 Å². The van der Waals surface area contributed by atoms with Gasteiger partial charge in [-0.05, 0) is 58.9 Å². The van der Waals surface area contributed by atoms with Crippen molar-refractivity contribution >= 4 is 27.8 Å². The van der Waals surface area contributed by atoms with Crippen LogP contribution in [0.5, 0.6) is 0 Å². The molecule has 0 bridgehead atoms. The Morgan fingerprint density at radius 1 is 1.00 bits per heavy atom. The average molecular weight is 357 g/mol. The molecule has 128 valence electrons. The van der Waals surface area contributed by atoms with Crippen LogP contribution in [0.3, 0.4) is 0 Å². The van der Waals surface area contributed by atoms with Crippen LogP contribution >= 0.6 is 22.2 Å². The molecule has 2 unspecified atom stereocenters. The minimum Gasteiger partial charge on any atom is -0.198 e. The van der Waals surface area contributed by atoms with Gasteiger partial charge in [0.05, 0.1) is 0 Å². The number of hydrogen-bond acceptors (Lipinski definition) is 1. The second-order valence-corrected chi connectivity index (χ2v) is 11.5. The van der Waals surface area contributed by atoms with Crippen molar-refractivity contribution in [3.63, 3.8) is 0 Å². The fourth-order valence-electron chi connectivity index (χ4n) is 4.25. The molecule has 2 aliphatic rings. The lowest BCUT2D eigenvalue weighted by Gasteiger charge is -2.35. The van der Waals surface area contributed by atoms with Crippen molar-refractivity contribution < 1.29 is 0 Å². The summed E-state index contributed by atoms with van der Waals surface area (Å²) in [5, 5.41) is 3.23. The summed E-state index contributed by atoms with van der Waals surface area (Å²) in [5.74, 6) is 1.16. The standard InChI is InChI=1S/C22H28S2/c1-11(2)16-8-17(12(3)4)20-18(9-16)15(7)24-10-13(5)21-22(24)19(20)14(6)23-21/h8-12,15,24H,1-7H3. The van der Waals surface area contributed by atoms with E-state index in [4.69, 9.17) is 0 Å². The molecule has 2 aromatic rings. The highest BCUT2D eigenvalue weighted by molar-refractivity contribution is 8.20. The van der Waals surface area contributed by atoms with Crippen LogP contribution in [0.4, 0.5) is 0 Å². The summed E-state index contributed by atoms with van der Waals surface area (Å²) < 4.78 is 0. The SMILES string of the molecule is CC1=C[SH]2c3c1sc(C)c3-c1c(C(C)C)cc(C(C)C)cc1C2C. The summed E-state index contributed by atoms with van der Waals surface area (Å²) in [5.41, 5.74) is 9.38. The molecule has 3 heterocycles. The van der Waals surface area contributed by atoms with E-state index in [1.165, 1.54) is 16.0 Å². The Bertz CT molecular complexity index is 865. The van der Waals surface area contributed by atoms with Crippen LogP contribution in [0, 0.1) is 6.92 Å². The molecule has 0 radical (unpaired) electrons. The van der Waals surface area contributed by atoms with Crippen molar-refractivity contribution in [3.8, 4) is 11.1 Å². The molecule has 0 amide bonds. The van der Waals surface area contributed by atoms with Crippen molar-refractivity contribution in [2.75, 3.05) is 0 Å². The highest BCUT2D eigenvalue weighted by Gasteiger charge is 2.37. The summed E-state index contributed by atoms with van der Waals surface area (Å²) >= 11 is 2.02. The van der Waals surface area contributed by atoms with Gasteiger partial charge >= 0.3 is 0 Å². The molecule has 0 saturated carbocycles. The monoisotopic (exact) mass is 356 g/mol. The van der Waals surface area contributed by atoms with Gasteiger partial charge in [-0.2, -0.15) is 10.9 Å². The first-order valence-electron chi connectivity index (χ1n) is 9.09. The van der Waals surface area contributed by atoms with Gasteiger partial charge in [0.25, 0.3) is 0 Å². The Balaban J connectivity index is 2.09. The third-order valence-electron chi connectivity index (χ3n) is 5.64. The highest BCUT2D eigenvalue weighted by Crippen LogP contribution is 2.68. The summed E-state index contributed by atoms with van der Waals surface area (Å²) in [6.07, 6.45) is 0. The Morgan fingerprint density at radius 3 is 2.33 bits per heavy atom. The minimum atomic E-state index is -0.174. The van der Waals surface area contributed by atoms with Gasteiger partial charge in [0.2, 0.25) is 0 Å². The van der Waals surface area contributed by atoms with Crippen LogP contribution in [0.15, 0.2) is 22.4 Å². The average Bonchev–Trinajstić information content (AvgIpc) is 3.02. The van der Waals surface area contributed by atoms with Crippen LogP contribution in [0.2, 0.25) is 0 Å². The van der Waals surface area contributed by atoms with E-state index in [9.17, 15) is 0 Å². The molecule has 2 heteroatoms. The van der Waals surface area contributed by atoms with Gasteiger partial charge in [-0.25, -0.2) is 0 Å². The third-order valence-corrected chi connectivity index (χ3v) is 9.77. The molecule has 24 heavy (non-hydrogen) atoms. The molecule has 0 N–H and O–H groups in total. The zero-order valence-electron chi connectivity index (χ0n) is 15.8. The number of thiol groups is 1. The first-order chi connectivity index (χ1) is 11.3. The topological polar surface area (TPSA) is 0 Å². The van der Waals surface area contributed by atoms with Crippen molar-refractivity contribution in [2.45, 2.75) is 70.4 Å². The van der Waals surface area contributed by atoms with Crippen LogP contribution in [-0.2, 0) is 0 Å². The number of aryl methyl sites for hydroxylation is 1. The first kappa shape index (κ1) is 16.5. The summed E-state index contributed by atoms with van der Waals surface area (Å²) in [6, 6.07) is 5.02. The van der Waals surface area contributed by atoms with Gasteiger partial charge in [-0.1, -0.05) is 46.8 Å². The van der Waals surface area contributed by atoms with E-state index in [0.29, 0.717) is 17.1 Å². The number of thiophene rings is 1. The van der Waals surface area contributed by atoms with E-state index in [0.717, 1.165) is 0 Å². The quantitative estimate of drug-likeness (QED) is 0.522. The largest absolute Gasteiger partial charge is 0.198 e. The van der Waals surface area contributed by atoms with E-state index in [1.807, 2.05) is 11.3 Å². The number of benzene rings is 1. The Labute approximate surface area is 153 Å². The first-order valence-corrected chi connectivity index (χ1v) is 11.4. The van der Waals surface area contributed by atoms with E-state index >= 15 is 0 Å². The molecule has 1 aromatic carbocycles. The molecule has 2 atom stereocenters.